The van der Waals surface area contributed by atoms with Crippen LogP contribution in [0, 0.1) is 0 Å². The number of hydrogen-bond donors (Lipinski definition) is 1. The zero-order valence-corrected chi connectivity index (χ0v) is 19.3. The topological polar surface area (TPSA) is 106 Å². The maximum atomic E-state index is 12.0. The van der Waals surface area contributed by atoms with Crippen molar-refractivity contribution in [1.82, 2.24) is 14.9 Å². The fraction of sp³-hybridized carbons (Fsp3) is 0.478. The van der Waals surface area contributed by atoms with Crippen LogP contribution in [0.3, 0.4) is 0 Å². The van der Waals surface area contributed by atoms with Gasteiger partial charge in [-0.2, -0.15) is 4.98 Å². The van der Waals surface area contributed by atoms with Crippen molar-refractivity contribution in [2.45, 2.75) is 32.0 Å². The molecule has 10 nitrogen and oxygen atoms in total. The molecule has 33 heavy (non-hydrogen) atoms. The van der Waals surface area contributed by atoms with Gasteiger partial charge in [-0.15, -0.1) is 0 Å². The molecule has 3 rings (SSSR count). The standard InChI is InChI=1S/C23H31N5O5/c1-24-19-13-25-23(33-11-10-31-2)26-21(19)28(16-29)15-18-7-4-6-17(12-18)14-27-9-5-8-20(27)22(30)32-3/h4,6-7,12-13,16,20,24H,5,8-11,14-15H2,1-3H3. The van der Waals surface area contributed by atoms with E-state index in [1.165, 1.54) is 12.0 Å². The molecule has 178 valence electrons. The van der Waals surface area contributed by atoms with Crippen molar-refractivity contribution in [1.29, 1.82) is 0 Å². The van der Waals surface area contributed by atoms with E-state index in [4.69, 9.17) is 14.2 Å². The number of benzene rings is 1. The Balaban J connectivity index is 1.75. The summed E-state index contributed by atoms with van der Waals surface area (Å²) < 4.78 is 15.4. The summed E-state index contributed by atoms with van der Waals surface area (Å²) in [7, 11) is 4.75. The molecule has 1 unspecified atom stereocenters. The van der Waals surface area contributed by atoms with Crippen LogP contribution in [0.1, 0.15) is 24.0 Å². The molecule has 2 heterocycles. The van der Waals surface area contributed by atoms with Crippen LogP contribution >= 0.6 is 0 Å². The molecule has 2 aromatic rings. The SMILES string of the molecule is CNc1cnc(OCCOC)nc1N(C=O)Cc1cccc(CN2CCCC2C(=O)OC)c1. The lowest BCUT2D eigenvalue weighted by Gasteiger charge is -2.23. The van der Waals surface area contributed by atoms with Crippen molar-refractivity contribution in [2.24, 2.45) is 0 Å². The van der Waals surface area contributed by atoms with Crippen LogP contribution < -0.4 is 15.0 Å². The first-order valence-corrected chi connectivity index (χ1v) is 10.9. The Morgan fingerprint density at radius 2 is 2.12 bits per heavy atom. The van der Waals surface area contributed by atoms with E-state index in [2.05, 4.69) is 20.2 Å². The van der Waals surface area contributed by atoms with Gasteiger partial charge >= 0.3 is 12.0 Å². The Bertz CT molecular complexity index is 941. The maximum absolute atomic E-state index is 12.0. The summed E-state index contributed by atoms with van der Waals surface area (Å²) in [4.78, 5) is 36.2. The van der Waals surface area contributed by atoms with E-state index < -0.39 is 0 Å². The van der Waals surface area contributed by atoms with Crippen molar-refractivity contribution in [3.05, 3.63) is 41.6 Å². The molecule has 0 radical (unpaired) electrons. The van der Waals surface area contributed by atoms with Crippen molar-refractivity contribution in [3.8, 4) is 6.01 Å². The monoisotopic (exact) mass is 457 g/mol. The minimum atomic E-state index is -0.208. The Morgan fingerprint density at radius 1 is 1.30 bits per heavy atom. The predicted molar refractivity (Wildman–Crippen MR) is 123 cm³/mol. The molecule has 1 aliphatic heterocycles. The quantitative estimate of drug-likeness (QED) is 0.290. The average Bonchev–Trinajstić information content (AvgIpc) is 3.30. The van der Waals surface area contributed by atoms with E-state index in [1.807, 2.05) is 24.3 Å². The van der Waals surface area contributed by atoms with Crippen LogP contribution in [-0.2, 0) is 32.2 Å². The number of nitrogens with one attached hydrogen (secondary N) is 1. The summed E-state index contributed by atoms with van der Waals surface area (Å²) in [5.74, 6) is 0.230. The van der Waals surface area contributed by atoms with Gasteiger partial charge in [0.1, 0.15) is 12.6 Å². The van der Waals surface area contributed by atoms with Gasteiger partial charge in [-0.1, -0.05) is 24.3 Å². The van der Waals surface area contributed by atoms with Crippen LogP contribution in [0.15, 0.2) is 30.5 Å². The number of carbonyl (C=O) groups excluding carboxylic acids is 2. The highest BCUT2D eigenvalue weighted by atomic mass is 16.5. The van der Waals surface area contributed by atoms with Crippen molar-refractivity contribution in [3.63, 3.8) is 0 Å². The number of carbonyl (C=O) groups is 2. The number of nitrogens with zero attached hydrogens (tertiary/aromatic N) is 4. The van der Waals surface area contributed by atoms with Crippen LogP contribution in [0.5, 0.6) is 6.01 Å². The van der Waals surface area contributed by atoms with Gasteiger partial charge in [0.05, 0.1) is 32.1 Å². The minimum absolute atomic E-state index is 0.171. The molecule has 10 heteroatoms. The highest BCUT2D eigenvalue weighted by Gasteiger charge is 2.31. The molecular weight excluding hydrogens is 426 g/mol. The molecule has 0 spiro atoms. The number of amides is 1. The smallest absolute Gasteiger partial charge is 0.323 e. The largest absolute Gasteiger partial charge is 0.468 e. The third-order valence-corrected chi connectivity index (χ3v) is 5.50. The van der Waals surface area contributed by atoms with Gasteiger partial charge in [-0.05, 0) is 30.5 Å². The molecular formula is C23H31N5O5. The van der Waals surface area contributed by atoms with Crippen LogP contribution in [0.4, 0.5) is 11.5 Å². The number of rotatable bonds is 12. The van der Waals surface area contributed by atoms with Crippen molar-refractivity contribution in [2.75, 3.05) is 51.2 Å². The molecule has 1 aromatic heterocycles. The Hall–Kier alpha value is -3.24. The molecule has 0 saturated carbocycles. The number of likely N-dealkylation sites (tertiary alicyclic amines) is 1. The number of esters is 1. The van der Waals surface area contributed by atoms with E-state index in [0.29, 0.717) is 37.8 Å². The van der Waals surface area contributed by atoms with Crippen LogP contribution in [-0.4, -0.2) is 74.3 Å². The molecule has 0 aliphatic carbocycles. The number of anilines is 2. The number of methoxy groups -OCH3 is 2. The van der Waals surface area contributed by atoms with E-state index in [1.54, 1.807) is 20.4 Å². The van der Waals surface area contributed by atoms with Gasteiger partial charge < -0.3 is 19.5 Å². The zero-order valence-electron chi connectivity index (χ0n) is 19.3. The summed E-state index contributed by atoms with van der Waals surface area (Å²) in [5.41, 5.74) is 2.61. The van der Waals surface area contributed by atoms with E-state index in [0.717, 1.165) is 36.9 Å². The third-order valence-electron chi connectivity index (χ3n) is 5.50. The van der Waals surface area contributed by atoms with Gasteiger partial charge in [-0.25, -0.2) is 4.98 Å². The van der Waals surface area contributed by atoms with Gasteiger partial charge in [0.25, 0.3) is 0 Å². The van der Waals surface area contributed by atoms with E-state index in [9.17, 15) is 9.59 Å². The van der Waals surface area contributed by atoms with Gasteiger partial charge in [0.15, 0.2) is 5.82 Å². The maximum Gasteiger partial charge on any atom is 0.323 e. The first-order valence-electron chi connectivity index (χ1n) is 10.9. The van der Waals surface area contributed by atoms with E-state index in [-0.39, 0.29) is 18.0 Å². The molecule has 1 atom stereocenters. The highest BCUT2D eigenvalue weighted by molar-refractivity contribution is 5.80. The number of hydrogen-bond acceptors (Lipinski definition) is 9. The van der Waals surface area contributed by atoms with Crippen molar-refractivity contribution < 1.29 is 23.8 Å². The minimum Gasteiger partial charge on any atom is -0.468 e. The van der Waals surface area contributed by atoms with Crippen LogP contribution in [0.25, 0.3) is 0 Å². The van der Waals surface area contributed by atoms with E-state index >= 15 is 0 Å². The fourth-order valence-corrected chi connectivity index (χ4v) is 3.88. The second-order valence-electron chi connectivity index (χ2n) is 7.69. The molecule has 1 fully saturated rings. The van der Waals surface area contributed by atoms with Gasteiger partial charge in [0, 0.05) is 20.7 Å². The molecule has 1 aliphatic rings. The highest BCUT2D eigenvalue weighted by Crippen LogP contribution is 2.26. The van der Waals surface area contributed by atoms with Gasteiger partial charge in [-0.3, -0.25) is 19.4 Å². The fourth-order valence-electron chi connectivity index (χ4n) is 3.88. The molecule has 1 aromatic carbocycles. The summed E-state index contributed by atoms with van der Waals surface area (Å²) >= 11 is 0. The number of aromatic nitrogens is 2. The Labute approximate surface area is 193 Å². The van der Waals surface area contributed by atoms with Gasteiger partial charge in [0.2, 0.25) is 6.41 Å². The first kappa shape index (κ1) is 24.4. The first-order chi connectivity index (χ1) is 16.1. The Morgan fingerprint density at radius 3 is 2.85 bits per heavy atom. The third kappa shape index (κ3) is 6.39. The average molecular weight is 458 g/mol. The molecule has 1 N–H and O–H groups in total. The normalized spacial score (nSPS) is 15.8. The molecule has 1 saturated heterocycles. The lowest BCUT2D eigenvalue weighted by Crippen LogP contribution is -2.36. The summed E-state index contributed by atoms with van der Waals surface area (Å²) in [6.07, 6.45) is 4.09. The second-order valence-corrected chi connectivity index (χ2v) is 7.69. The van der Waals surface area contributed by atoms with Crippen molar-refractivity contribution >= 4 is 23.9 Å². The zero-order chi connectivity index (χ0) is 23.6. The summed E-state index contributed by atoms with van der Waals surface area (Å²) in [5, 5.41) is 3.01. The number of ether oxygens (including phenoxy) is 3. The van der Waals surface area contributed by atoms with Crippen LogP contribution in [0.2, 0.25) is 0 Å². The second kappa shape index (κ2) is 12.1. The Kier molecular flexibility index (Phi) is 8.96. The summed E-state index contributed by atoms with van der Waals surface area (Å²) in [6.45, 7) is 2.52. The lowest BCUT2D eigenvalue weighted by atomic mass is 10.1. The molecule has 0 bridgehead atoms. The predicted octanol–water partition coefficient (Wildman–Crippen LogP) is 1.84. The molecule has 1 amide bonds. The lowest BCUT2D eigenvalue weighted by molar-refractivity contribution is -0.146. The summed E-state index contributed by atoms with van der Waals surface area (Å²) in [6, 6.07) is 7.93.